The van der Waals surface area contributed by atoms with Crippen molar-refractivity contribution in [2.24, 2.45) is 0 Å². The van der Waals surface area contributed by atoms with Crippen LogP contribution in [0.4, 0.5) is 0 Å². The highest BCUT2D eigenvalue weighted by Gasteiger charge is 2.31. The summed E-state index contributed by atoms with van der Waals surface area (Å²) in [4.78, 5) is 29.1. The minimum atomic E-state index is -0.739. The zero-order valence-electron chi connectivity index (χ0n) is 22.1. The Labute approximate surface area is 243 Å². The lowest BCUT2D eigenvalue weighted by atomic mass is 10.0. The molecular formula is C32H32BrClN2O3. The highest BCUT2D eigenvalue weighted by atomic mass is 79.9. The molecule has 0 aliphatic carbocycles. The lowest BCUT2D eigenvalue weighted by molar-refractivity contribution is -0.143. The topological polar surface area (TPSA) is 58.6 Å². The molecule has 0 spiro atoms. The molecule has 4 aromatic carbocycles. The highest BCUT2D eigenvalue weighted by molar-refractivity contribution is 9.10. The van der Waals surface area contributed by atoms with E-state index in [1.807, 2.05) is 98.8 Å². The fourth-order valence-corrected chi connectivity index (χ4v) is 5.20. The van der Waals surface area contributed by atoms with Crippen LogP contribution in [-0.4, -0.2) is 35.4 Å². The number of halogens is 2. The quantitative estimate of drug-likeness (QED) is 0.196. The normalized spacial score (nSPS) is 12.5. The summed E-state index contributed by atoms with van der Waals surface area (Å²) < 4.78 is 6.82. The SMILES string of the molecule is CCC(C)NC(=O)C(Cc1ccccc1)N(Cc1cccc(Cl)c1)C(=O)COc1ccc2ccccc2c1Br. The van der Waals surface area contributed by atoms with E-state index in [9.17, 15) is 9.59 Å². The van der Waals surface area contributed by atoms with Crippen LogP contribution in [0.15, 0.2) is 95.5 Å². The van der Waals surface area contributed by atoms with Crippen molar-refractivity contribution in [3.63, 3.8) is 0 Å². The summed E-state index contributed by atoms with van der Waals surface area (Å²) >= 11 is 9.89. The van der Waals surface area contributed by atoms with E-state index in [2.05, 4.69) is 21.2 Å². The molecule has 0 saturated heterocycles. The number of amides is 2. The van der Waals surface area contributed by atoms with Gasteiger partial charge in [-0.25, -0.2) is 0 Å². The molecule has 5 nitrogen and oxygen atoms in total. The van der Waals surface area contributed by atoms with E-state index in [4.69, 9.17) is 16.3 Å². The average Bonchev–Trinajstić information content (AvgIpc) is 2.95. The molecule has 0 heterocycles. The van der Waals surface area contributed by atoms with E-state index < -0.39 is 6.04 Å². The number of ether oxygens (including phenoxy) is 1. The van der Waals surface area contributed by atoms with Gasteiger partial charge >= 0.3 is 0 Å². The molecule has 0 fully saturated rings. The molecule has 4 rings (SSSR count). The third-order valence-corrected chi connectivity index (χ3v) is 7.75. The minimum Gasteiger partial charge on any atom is -0.483 e. The van der Waals surface area contributed by atoms with Crippen molar-refractivity contribution in [1.82, 2.24) is 10.2 Å². The zero-order chi connectivity index (χ0) is 27.8. The van der Waals surface area contributed by atoms with Gasteiger partial charge in [-0.15, -0.1) is 0 Å². The van der Waals surface area contributed by atoms with Gasteiger partial charge in [0.25, 0.3) is 5.91 Å². The van der Waals surface area contributed by atoms with Crippen molar-refractivity contribution in [3.05, 3.63) is 112 Å². The number of fused-ring (bicyclic) bond motifs is 1. The van der Waals surface area contributed by atoms with Crippen LogP contribution in [0.2, 0.25) is 5.02 Å². The molecule has 0 bridgehead atoms. The Balaban J connectivity index is 1.64. The number of benzene rings is 4. The van der Waals surface area contributed by atoms with Gasteiger partial charge in [0.05, 0.1) is 4.47 Å². The predicted molar refractivity (Wildman–Crippen MR) is 161 cm³/mol. The summed E-state index contributed by atoms with van der Waals surface area (Å²) in [5.74, 6) is 0.0687. The van der Waals surface area contributed by atoms with E-state index in [0.717, 1.165) is 32.8 Å². The summed E-state index contributed by atoms with van der Waals surface area (Å²) in [7, 11) is 0. The first-order valence-corrected chi connectivity index (χ1v) is 14.2. The van der Waals surface area contributed by atoms with Crippen LogP contribution < -0.4 is 10.1 Å². The number of carbonyl (C=O) groups excluding carboxylic acids is 2. The number of nitrogens with one attached hydrogen (secondary N) is 1. The van der Waals surface area contributed by atoms with Crippen molar-refractivity contribution >= 4 is 50.1 Å². The number of nitrogens with zero attached hydrogens (tertiary/aromatic N) is 1. The molecule has 7 heteroatoms. The molecule has 0 aliphatic heterocycles. The van der Waals surface area contributed by atoms with Crippen LogP contribution in [0.25, 0.3) is 10.8 Å². The summed E-state index contributed by atoms with van der Waals surface area (Å²) in [6, 6.07) is 28.1. The minimum absolute atomic E-state index is 0.0244. The van der Waals surface area contributed by atoms with E-state index in [1.165, 1.54) is 0 Å². The molecule has 4 aromatic rings. The Morgan fingerprint density at radius 2 is 1.67 bits per heavy atom. The Morgan fingerprint density at radius 1 is 0.949 bits per heavy atom. The van der Waals surface area contributed by atoms with Crippen molar-refractivity contribution in [2.75, 3.05) is 6.61 Å². The van der Waals surface area contributed by atoms with Crippen LogP contribution in [0, 0.1) is 0 Å². The average molecular weight is 608 g/mol. The molecule has 2 atom stereocenters. The maximum Gasteiger partial charge on any atom is 0.261 e. The second-order valence-electron chi connectivity index (χ2n) is 9.56. The standard InChI is InChI=1S/C32H32BrClN2O3/c1-3-22(2)35-32(38)28(19-23-10-5-4-6-11-23)36(20-24-12-9-14-26(34)18-24)30(37)21-39-29-17-16-25-13-7-8-15-27(25)31(29)33/h4-18,22,28H,3,19-21H2,1-2H3,(H,35,38). The second kappa shape index (κ2) is 13.6. The molecule has 202 valence electrons. The summed E-state index contributed by atoms with van der Waals surface area (Å²) in [5, 5.41) is 5.71. The van der Waals surface area contributed by atoms with Gasteiger partial charge in [0.1, 0.15) is 11.8 Å². The van der Waals surface area contributed by atoms with Crippen LogP contribution in [0.5, 0.6) is 5.75 Å². The third-order valence-electron chi connectivity index (χ3n) is 6.69. The smallest absolute Gasteiger partial charge is 0.261 e. The summed E-state index contributed by atoms with van der Waals surface area (Å²) in [6.45, 7) is 3.97. The Hall–Kier alpha value is -3.35. The van der Waals surface area contributed by atoms with Crippen LogP contribution in [-0.2, 0) is 22.6 Å². The van der Waals surface area contributed by atoms with Gasteiger partial charge in [-0.1, -0.05) is 91.3 Å². The van der Waals surface area contributed by atoms with E-state index in [1.54, 1.807) is 11.0 Å². The Morgan fingerprint density at radius 3 is 2.41 bits per heavy atom. The maximum atomic E-state index is 13.8. The fourth-order valence-electron chi connectivity index (χ4n) is 4.37. The molecule has 0 radical (unpaired) electrons. The Kier molecular flexibility index (Phi) is 10.0. The van der Waals surface area contributed by atoms with Crippen LogP contribution >= 0.6 is 27.5 Å². The molecule has 0 aliphatic rings. The first kappa shape index (κ1) is 28.7. The highest BCUT2D eigenvalue weighted by Crippen LogP contribution is 2.33. The molecule has 1 N–H and O–H groups in total. The van der Waals surface area contributed by atoms with Gasteiger partial charge in [-0.05, 0) is 69.4 Å². The number of rotatable bonds is 11. The van der Waals surface area contributed by atoms with Crippen molar-refractivity contribution in [2.45, 2.75) is 45.3 Å². The predicted octanol–water partition coefficient (Wildman–Crippen LogP) is 7.19. The van der Waals surface area contributed by atoms with Crippen molar-refractivity contribution < 1.29 is 14.3 Å². The fraction of sp³-hybridized carbons (Fsp3) is 0.250. The van der Waals surface area contributed by atoms with E-state index in [0.29, 0.717) is 17.2 Å². The van der Waals surface area contributed by atoms with E-state index >= 15 is 0 Å². The van der Waals surface area contributed by atoms with Crippen LogP contribution in [0.3, 0.4) is 0 Å². The van der Waals surface area contributed by atoms with Gasteiger partial charge in [-0.3, -0.25) is 9.59 Å². The molecule has 0 aromatic heterocycles. The van der Waals surface area contributed by atoms with Gasteiger partial charge in [0.15, 0.2) is 6.61 Å². The number of hydrogen-bond donors (Lipinski definition) is 1. The maximum absolute atomic E-state index is 13.8. The summed E-state index contributed by atoms with van der Waals surface area (Å²) in [5.41, 5.74) is 1.79. The molecule has 39 heavy (non-hydrogen) atoms. The molecule has 2 unspecified atom stereocenters. The number of carbonyl (C=O) groups is 2. The van der Waals surface area contributed by atoms with Gasteiger partial charge in [-0.2, -0.15) is 0 Å². The van der Waals surface area contributed by atoms with Gasteiger partial charge in [0.2, 0.25) is 5.91 Å². The van der Waals surface area contributed by atoms with Gasteiger partial charge in [0, 0.05) is 24.0 Å². The first-order valence-electron chi connectivity index (χ1n) is 13.0. The molecule has 0 saturated carbocycles. The Bertz CT molecular complexity index is 1430. The molecule has 2 amide bonds. The molecular weight excluding hydrogens is 576 g/mol. The van der Waals surface area contributed by atoms with Crippen molar-refractivity contribution in [1.29, 1.82) is 0 Å². The lowest BCUT2D eigenvalue weighted by Crippen LogP contribution is -2.53. The second-order valence-corrected chi connectivity index (χ2v) is 10.8. The summed E-state index contributed by atoms with van der Waals surface area (Å²) in [6.07, 6.45) is 1.15. The van der Waals surface area contributed by atoms with Gasteiger partial charge < -0.3 is 15.0 Å². The zero-order valence-corrected chi connectivity index (χ0v) is 24.4. The lowest BCUT2D eigenvalue weighted by Gasteiger charge is -2.32. The third kappa shape index (κ3) is 7.61. The van der Waals surface area contributed by atoms with Crippen LogP contribution in [0.1, 0.15) is 31.4 Å². The van der Waals surface area contributed by atoms with E-state index in [-0.39, 0.29) is 31.0 Å². The largest absolute Gasteiger partial charge is 0.483 e. The number of hydrogen-bond acceptors (Lipinski definition) is 3. The first-order chi connectivity index (χ1) is 18.9. The monoisotopic (exact) mass is 606 g/mol. The van der Waals surface area contributed by atoms with Crippen molar-refractivity contribution in [3.8, 4) is 5.75 Å².